The van der Waals surface area contributed by atoms with Crippen molar-refractivity contribution in [3.63, 3.8) is 0 Å². The van der Waals surface area contributed by atoms with Crippen molar-refractivity contribution in [3.8, 4) is 17.0 Å². The molecule has 0 saturated carbocycles. The minimum Gasteiger partial charge on any atom is -0.502 e. The molecule has 0 radical (unpaired) electrons. The molecule has 1 aromatic heterocycles. The first kappa shape index (κ1) is 23.4. The Morgan fingerprint density at radius 3 is 2.53 bits per heavy atom. The summed E-state index contributed by atoms with van der Waals surface area (Å²) in [5.74, 6) is -1.85. The number of nitrogens with one attached hydrogen (secondary N) is 1. The fourth-order valence-corrected chi connectivity index (χ4v) is 3.57. The second-order valence-electron chi connectivity index (χ2n) is 7.21. The molecule has 0 saturated heterocycles. The summed E-state index contributed by atoms with van der Waals surface area (Å²) in [4.78, 5) is 36.7. The van der Waals surface area contributed by atoms with Crippen LogP contribution in [0.4, 0.5) is 0 Å². The number of aryl methyl sites for hydroxylation is 1. The van der Waals surface area contributed by atoms with Gasteiger partial charge in [0.15, 0.2) is 5.75 Å². The van der Waals surface area contributed by atoms with Gasteiger partial charge in [0.05, 0.1) is 21.3 Å². The lowest BCUT2D eigenvalue weighted by Gasteiger charge is -2.13. The van der Waals surface area contributed by atoms with Gasteiger partial charge in [0.1, 0.15) is 0 Å². The summed E-state index contributed by atoms with van der Waals surface area (Å²) in [7, 11) is 1.47. The fraction of sp³-hybridized carbons (Fsp3) is 0.174. The lowest BCUT2D eigenvalue weighted by molar-refractivity contribution is 0.0948. The third kappa shape index (κ3) is 5.12. The van der Waals surface area contributed by atoms with Gasteiger partial charge in [0.2, 0.25) is 5.91 Å². The molecule has 32 heavy (non-hydrogen) atoms. The molecule has 2 amide bonds. The van der Waals surface area contributed by atoms with Gasteiger partial charge in [-0.25, -0.2) is 0 Å². The molecule has 3 rings (SSSR count). The molecule has 3 aromatic rings. The summed E-state index contributed by atoms with van der Waals surface area (Å²) in [6, 6.07) is 13.1. The largest absolute Gasteiger partial charge is 0.502 e. The zero-order valence-corrected chi connectivity index (χ0v) is 18.7. The summed E-state index contributed by atoms with van der Waals surface area (Å²) in [5, 5.41) is 13.9. The highest BCUT2D eigenvalue weighted by Crippen LogP contribution is 2.24. The molecule has 0 spiro atoms. The number of nitrogens with two attached hydrogens (primary N) is 1. The van der Waals surface area contributed by atoms with Crippen molar-refractivity contribution in [2.24, 2.45) is 12.8 Å². The highest BCUT2D eigenvalue weighted by Gasteiger charge is 2.19. The smallest absolute Gasteiger partial charge is 0.293 e. The Morgan fingerprint density at radius 1 is 1.09 bits per heavy atom. The predicted octanol–water partition coefficient (Wildman–Crippen LogP) is 3.53. The van der Waals surface area contributed by atoms with E-state index < -0.39 is 23.1 Å². The highest BCUT2D eigenvalue weighted by atomic mass is 35.5. The average Bonchev–Trinajstić information content (AvgIpc) is 2.77. The molecule has 7 nitrogen and oxygen atoms in total. The minimum atomic E-state index is -0.729. The predicted molar refractivity (Wildman–Crippen MR) is 124 cm³/mol. The van der Waals surface area contributed by atoms with Crippen LogP contribution in [0.2, 0.25) is 10.0 Å². The zero-order valence-electron chi connectivity index (χ0n) is 17.2. The van der Waals surface area contributed by atoms with Crippen LogP contribution in [0.5, 0.6) is 5.75 Å². The lowest BCUT2D eigenvalue weighted by Crippen LogP contribution is -2.28. The van der Waals surface area contributed by atoms with E-state index >= 15 is 0 Å². The van der Waals surface area contributed by atoms with E-state index in [9.17, 15) is 19.5 Å². The Labute approximate surface area is 194 Å². The number of rotatable bonds is 7. The van der Waals surface area contributed by atoms with Crippen molar-refractivity contribution >= 4 is 35.0 Å². The SMILES string of the molecule is Cn1c(-c2cccc(C(N)=O)c2)cc(C(=O)NCCCc2ccc(Cl)c(Cl)c2)c(O)c1=O. The van der Waals surface area contributed by atoms with Gasteiger partial charge in [-0.15, -0.1) is 0 Å². The number of pyridine rings is 1. The number of primary amides is 1. The quantitative estimate of drug-likeness (QED) is 0.455. The normalized spacial score (nSPS) is 10.7. The molecule has 0 aliphatic rings. The van der Waals surface area contributed by atoms with Crippen molar-refractivity contribution in [2.45, 2.75) is 12.8 Å². The maximum absolute atomic E-state index is 12.7. The number of hydrogen-bond donors (Lipinski definition) is 3. The number of benzene rings is 2. The third-order valence-electron chi connectivity index (χ3n) is 5.00. The first-order valence-electron chi connectivity index (χ1n) is 9.74. The number of carbonyl (C=O) groups excluding carboxylic acids is 2. The van der Waals surface area contributed by atoms with Crippen LogP contribution in [-0.4, -0.2) is 28.0 Å². The molecule has 0 aliphatic heterocycles. The molecule has 0 aliphatic carbocycles. The Morgan fingerprint density at radius 2 is 1.84 bits per heavy atom. The Balaban J connectivity index is 1.77. The maximum atomic E-state index is 12.7. The molecular weight excluding hydrogens is 453 g/mol. The molecule has 1 heterocycles. The second kappa shape index (κ2) is 9.89. The summed E-state index contributed by atoms with van der Waals surface area (Å²) in [6.07, 6.45) is 1.27. The van der Waals surface area contributed by atoms with E-state index in [1.54, 1.807) is 30.3 Å². The summed E-state index contributed by atoms with van der Waals surface area (Å²) in [6.45, 7) is 0.320. The molecule has 0 unspecified atom stereocenters. The summed E-state index contributed by atoms with van der Waals surface area (Å²) >= 11 is 11.9. The topological polar surface area (TPSA) is 114 Å². The molecule has 2 aromatic carbocycles. The van der Waals surface area contributed by atoms with E-state index in [1.165, 1.54) is 23.7 Å². The van der Waals surface area contributed by atoms with Crippen LogP contribution in [0.3, 0.4) is 0 Å². The van der Waals surface area contributed by atoms with E-state index in [2.05, 4.69) is 5.32 Å². The molecule has 4 N–H and O–H groups in total. The Hall–Kier alpha value is -3.29. The number of nitrogens with zero attached hydrogens (tertiary/aromatic N) is 1. The van der Waals surface area contributed by atoms with Crippen LogP contribution in [0, 0.1) is 0 Å². The summed E-state index contributed by atoms with van der Waals surface area (Å²) < 4.78 is 1.20. The van der Waals surface area contributed by atoms with Crippen molar-refractivity contribution in [1.29, 1.82) is 0 Å². The minimum absolute atomic E-state index is 0.151. The molecule has 9 heteroatoms. The number of halogens is 2. The van der Waals surface area contributed by atoms with Crippen LogP contribution in [0.1, 0.15) is 32.7 Å². The maximum Gasteiger partial charge on any atom is 0.293 e. The number of aromatic hydroxyl groups is 1. The van der Waals surface area contributed by atoms with Gasteiger partial charge in [-0.1, -0.05) is 41.4 Å². The number of carbonyl (C=O) groups is 2. The van der Waals surface area contributed by atoms with Gasteiger partial charge in [-0.3, -0.25) is 14.4 Å². The third-order valence-corrected chi connectivity index (χ3v) is 5.74. The monoisotopic (exact) mass is 473 g/mol. The average molecular weight is 474 g/mol. The van der Waals surface area contributed by atoms with Crippen LogP contribution >= 0.6 is 23.2 Å². The zero-order chi connectivity index (χ0) is 23.4. The van der Waals surface area contributed by atoms with E-state index in [0.717, 1.165) is 5.56 Å². The van der Waals surface area contributed by atoms with E-state index in [1.807, 2.05) is 6.07 Å². The molecule has 0 atom stereocenters. The van der Waals surface area contributed by atoms with Crippen LogP contribution in [0.25, 0.3) is 11.3 Å². The van der Waals surface area contributed by atoms with Gasteiger partial charge >= 0.3 is 0 Å². The van der Waals surface area contributed by atoms with Gasteiger partial charge in [-0.05, 0) is 54.3 Å². The Bertz CT molecular complexity index is 1250. The van der Waals surface area contributed by atoms with Crippen LogP contribution < -0.4 is 16.6 Å². The second-order valence-corrected chi connectivity index (χ2v) is 8.02. The van der Waals surface area contributed by atoms with Gasteiger partial charge in [0.25, 0.3) is 11.5 Å². The molecule has 166 valence electrons. The number of hydrogen-bond acceptors (Lipinski definition) is 4. The lowest BCUT2D eigenvalue weighted by atomic mass is 10.0. The van der Waals surface area contributed by atoms with Crippen molar-refractivity contribution in [3.05, 3.63) is 85.6 Å². The molecular formula is C23H21Cl2N3O4. The van der Waals surface area contributed by atoms with Crippen LogP contribution in [-0.2, 0) is 13.5 Å². The van der Waals surface area contributed by atoms with E-state index in [0.29, 0.717) is 40.7 Å². The van der Waals surface area contributed by atoms with Gasteiger partial charge < -0.3 is 20.7 Å². The number of aromatic nitrogens is 1. The molecule has 0 fully saturated rings. The molecule has 0 bridgehead atoms. The van der Waals surface area contributed by atoms with Crippen molar-refractivity contribution in [1.82, 2.24) is 9.88 Å². The first-order valence-corrected chi connectivity index (χ1v) is 10.5. The fourth-order valence-electron chi connectivity index (χ4n) is 3.25. The summed E-state index contributed by atoms with van der Waals surface area (Å²) in [5.41, 5.74) is 6.55. The van der Waals surface area contributed by atoms with Gasteiger partial charge in [0, 0.05) is 19.2 Å². The van der Waals surface area contributed by atoms with E-state index in [-0.39, 0.29) is 11.1 Å². The van der Waals surface area contributed by atoms with Crippen molar-refractivity contribution in [2.75, 3.05) is 6.54 Å². The Kier molecular flexibility index (Phi) is 7.22. The number of amides is 2. The first-order chi connectivity index (χ1) is 15.2. The highest BCUT2D eigenvalue weighted by molar-refractivity contribution is 6.42. The standard InChI is InChI=1S/C23H21Cl2N3O4/c1-28-19(14-5-2-6-15(11-14)21(26)30)12-16(20(29)23(28)32)22(31)27-9-3-4-13-7-8-17(24)18(25)10-13/h2,5-8,10-12,29H,3-4,9H2,1H3,(H2,26,30)(H,27,31). The van der Waals surface area contributed by atoms with Crippen molar-refractivity contribution < 1.29 is 14.7 Å². The van der Waals surface area contributed by atoms with Crippen LogP contribution in [0.15, 0.2) is 53.3 Å². The van der Waals surface area contributed by atoms with Gasteiger partial charge in [-0.2, -0.15) is 0 Å². The van der Waals surface area contributed by atoms with E-state index in [4.69, 9.17) is 28.9 Å².